The fraction of sp³-hybridized carbons (Fsp3) is 1.00. The number of aliphatic hydroxyl groups excluding tert-OH is 1. The quantitative estimate of drug-likeness (QED) is 0.639. The van der Waals surface area contributed by atoms with Crippen LogP contribution in [-0.2, 0) is 0 Å². The highest BCUT2D eigenvalue weighted by Gasteiger charge is 2.08. The Balaban J connectivity index is 3.04. The summed E-state index contributed by atoms with van der Waals surface area (Å²) in [6, 6.07) is 0. The van der Waals surface area contributed by atoms with Crippen LogP contribution in [0.4, 0.5) is 0 Å². The maximum Gasteiger partial charge on any atom is 0.0438 e. The van der Waals surface area contributed by atoms with Crippen LogP contribution in [0.2, 0.25) is 0 Å². The van der Waals surface area contributed by atoms with Crippen LogP contribution in [0.3, 0.4) is 0 Å². The van der Waals surface area contributed by atoms with Crippen molar-refractivity contribution in [1.29, 1.82) is 0 Å². The third kappa shape index (κ3) is 8.31. The van der Waals surface area contributed by atoms with Crippen molar-refractivity contribution >= 4 is 11.8 Å². The summed E-state index contributed by atoms with van der Waals surface area (Å²) in [7, 11) is 0. The Morgan fingerprint density at radius 3 is 2.30 bits per heavy atom. The van der Waals surface area contributed by atoms with Gasteiger partial charge in [-0.25, -0.2) is 0 Å². The molecule has 10 heavy (non-hydrogen) atoms. The Morgan fingerprint density at radius 1 is 1.30 bits per heavy atom. The highest BCUT2D eigenvalue weighted by molar-refractivity contribution is 7.99. The zero-order chi connectivity index (χ0) is 8.04. The van der Waals surface area contributed by atoms with Crippen molar-refractivity contribution in [2.45, 2.75) is 27.2 Å². The molecule has 0 rings (SSSR count). The summed E-state index contributed by atoms with van der Waals surface area (Å²) >= 11 is 1.92. The second-order valence-corrected chi connectivity index (χ2v) is 4.80. The molecule has 0 aromatic carbocycles. The van der Waals surface area contributed by atoms with E-state index in [-0.39, 0.29) is 0 Å². The van der Waals surface area contributed by atoms with Gasteiger partial charge in [-0.15, -0.1) is 0 Å². The average Bonchev–Trinajstić information content (AvgIpc) is 1.78. The van der Waals surface area contributed by atoms with E-state index in [1.54, 1.807) is 0 Å². The summed E-state index contributed by atoms with van der Waals surface area (Å²) < 4.78 is 0. The Hall–Kier alpha value is 0.310. The zero-order valence-corrected chi connectivity index (χ0v) is 8.00. The first-order valence-electron chi connectivity index (χ1n) is 3.75. The van der Waals surface area contributed by atoms with Crippen LogP contribution in [-0.4, -0.2) is 23.2 Å². The van der Waals surface area contributed by atoms with Gasteiger partial charge in [0, 0.05) is 6.61 Å². The molecule has 0 aromatic rings. The Bertz CT molecular complexity index is 75.8. The van der Waals surface area contributed by atoms with Gasteiger partial charge in [0.15, 0.2) is 0 Å². The van der Waals surface area contributed by atoms with Gasteiger partial charge in [0.25, 0.3) is 0 Å². The van der Waals surface area contributed by atoms with Crippen molar-refractivity contribution in [2.24, 2.45) is 5.41 Å². The Morgan fingerprint density at radius 2 is 1.90 bits per heavy atom. The molecule has 1 N–H and O–H groups in total. The number of hydrogen-bond acceptors (Lipinski definition) is 2. The number of thioether (sulfide) groups is 1. The molecule has 0 aliphatic heterocycles. The zero-order valence-electron chi connectivity index (χ0n) is 7.18. The fourth-order valence-electron chi connectivity index (χ4n) is 0.545. The van der Waals surface area contributed by atoms with Crippen LogP contribution in [0, 0.1) is 5.41 Å². The van der Waals surface area contributed by atoms with E-state index < -0.39 is 0 Å². The van der Waals surface area contributed by atoms with Crippen molar-refractivity contribution in [3.05, 3.63) is 0 Å². The Labute approximate surface area is 68.2 Å². The lowest BCUT2D eigenvalue weighted by molar-refractivity contribution is 0.296. The van der Waals surface area contributed by atoms with Crippen LogP contribution in [0.15, 0.2) is 0 Å². The van der Waals surface area contributed by atoms with Gasteiger partial charge in [-0.05, 0) is 23.3 Å². The van der Waals surface area contributed by atoms with Gasteiger partial charge in [0.2, 0.25) is 0 Å². The molecule has 0 unspecified atom stereocenters. The topological polar surface area (TPSA) is 20.2 Å². The molecule has 0 atom stereocenters. The van der Waals surface area contributed by atoms with E-state index in [1.165, 1.54) is 5.75 Å². The van der Waals surface area contributed by atoms with Gasteiger partial charge < -0.3 is 5.11 Å². The van der Waals surface area contributed by atoms with E-state index in [2.05, 4.69) is 20.8 Å². The van der Waals surface area contributed by atoms with E-state index in [9.17, 15) is 0 Å². The van der Waals surface area contributed by atoms with Crippen molar-refractivity contribution in [3.8, 4) is 0 Å². The summed E-state index contributed by atoms with van der Waals surface area (Å²) in [6.45, 7) is 7.04. The largest absolute Gasteiger partial charge is 0.396 e. The first-order valence-corrected chi connectivity index (χ1v) is 4.90. The maximum absolute atomic E-state index is 8.48. The summed E-state index contributed by atoms with van der Waals surface area (Å²) in [4.78, 5) is 0. The molecule has 0 heterocycles. The molecule has 0 radical (unpaired) electrons. The second-order valence-electron chi connectivity index (χ2n) is 3.69. The van der Waals surface area contributed by atoms with Crippen LogP contribution in [0.1, 0.15) is 27.2 Å². The SMILES string of the molecule is CC(C)(C)CSCCCO. The average molecular weight is 162 g/mol. The molecule has 0 amide bonds. The lowest BCUT2D eigenvalue weighted by Crippen LogP contribution is -2.08. The van der Waals surface area contributed by atoms with Gasteiger partial charge >= 0.3 is 0 Å². The van der Waals surface area contributed by atoms with E-state index in [4.69, 9.17) is 5.11 Å². The van der Waals surface area contributed by atoms with Gasteiger partial charge in [-0.1, -0.05) is 20.8 Å². The van der Waals surface area contributed by atoms with E-state index in [0.717, 1.165) is 12.2 Å². The molecule has 0 saturated heterocycles. The van der Waals surface area contributed by atoms with Crippen LogP contribution < -0.4 is 0 Å². The molecule has 0 aliphatic carbocycles. The van der Waals surface area contributed by atoms with Gasteiger partial charge in [0.05, 0.1) is 0 Å². The standard InChI is InChI=1S/C8H18OS/c1-8(2,3)7-10-6-4-5-9/h9H,4-7H2,1-3H3. The first-order chi connectivity index (χ1) is 4.56. The minimum absolute atomic E-state index is 0.330. The van der Waals surface area contributed by atoms with Crippen molar-refractivity contribution in [2.75, 3.05) is 18.1 Å². The minimum Gasteiger partial charge on any atom is -0.396 e. The smallest absolute Gasteiger partial charge is 0.0438 e. The van der Waals surface area contributed by atoms with E-state index in [0.29, 0.717) is 12.0 Å². The lowest BCUT2D eigenvalue weighted by atomic mass is 10.0. The minimum atomic E-state index is 0.330. The molecule has 1 nitrogen and oxygen atoms in total. The predicted molar refractivity (Wildman–Crippen MR) is 48.5 cm³/mol. The molecule has 0 aliphatic rings. The molecule has 2 heteroatoms. The highest BCUT2D eigenvalue weighted by atomic mass is 32.2. The predicted octanol–water partition coefficient (Wildman–Crippen LogP) is 2.15. The third-order valence-electron chi connectivity index (χ3n) is 0.982. The second kappa shape index (κ2) is 5.03. The summed E-state index contributed by atoms with van der Waals surface area (Å²) in [5.41, 5.74) is 0.431. The lowest BCUT2D eigenvalue weighted by Gasteiger charge is -2.16. The maximum atomic E-state index is 8.48. The molecule has 0 saturated carbocycles. The summed E-state index contributed by atoms with van der Waals surface area (Å²) in [5.74, 6) is 2.28. The molecule has 0 spiro atoms. The molecular formula is C8H18OS. The third-order valence-corrected chi connectivity index (χ3v) is 2.63. The molecule has 62 valence electrons. The molecule has 0 bridgehead atoms. The van der Waals surface area contributed by atoms with Crippen LogP contribution >= 0.6 is 11.8 Å². The monoisotopic (exact) mass is 162 g/mol. The van der Waals surface area contributed by atoms with Crippen LogP contribution in [0.5, 0.6) is 0 Å². The van der Waals surface area contributed by atoms with Gasteiger partial charge in [-0.3, -0.25) is 0 Å². The van der Waals surface area contributed by atoms with E-state index >= 15 is 0 Å². The fourth-order valence-corrected chi connectivity index (χ4v) is 1.63. The van der Waals surface area contributed by atoms with E-state index in [1.807, 2.05) is 11.8 Å². The normalized spacial score (nSPS) is 12.0. The Kier molecular flexibility index (Phi) is 5.18. The molecule has 0 fully saturated rings. The number of aliphatic hydroxyl groups is 1. The van der Waals surface area contributed by atoms with Crippen molar-refractivity contribution in [3.63, 3.8) is 0 Å². The molecule has 0 aromatic heterocycles. The first kappa shape index (κ1) is 10.3. The number of rotatable bonds is 4. The number of hydrogen-bond donors (Lipinski definition) is 1. The summed E-state index contributed by atoms with van der Waals surface area (Å²) in [5, 5.41) is 8.48. The highest BCUT2D eigenvalue weighted by Crippen LogP contribution is 2.20. The van der Waals surface area contributed by atoms with Gasteiger partial charge in [-0.2, -0.15) is 11.8 Å². The van der Waals surface area contributed by atoms with Crippen LogP contribution in [0.25, 0.3) is 0 Å². The van der Waals surface area contributed by atoms with Gasteiger partial charge in [0.1, 0.15) is 0 Å². The molecular weight excluding hydrogens is 144 g/mol. The van der Waals surface area contributed by atoms with Crippen molar-refractivity contribution in [1.82, 2.24) is 0 Å². The summed E-state index contributed by atoms with van der Waals surface area (Å²) in [6.07, 6.45) is 0.931. The van der Waals surface area contributed by atoms with Crippen molar-refractivity contribution < 1.29 is 5.11 Å².